The lowest BCUT2D eigenvalue weighted by molar-refractivity contribution is -0.164. The Morgan fingerprint density at radius 1 is 1.09 bits per heavy atom. The van der Waals surface area contributed by atoms with Crippen LogP contribution in [0.4, 0.5) is 5.82 Å². The van der Waals surface area contributed by atoms with Gasteiger partial charge in [0.05, 0.1) is 47.6 Å². The molecule has 0 saturated carbocycles. The molecule has 0 N–H and O–H groups in total. The van der Waals surface area contributed by atoms with Gasteiger partial charge in [-0.15, -0.1) is 0 Å². The van der Waals surface area contributed by atoms with Gasteiger partial charge >= 0.3 is 5.97 Å². The van der Waals surface area contributed by atoms with Gasteiger partial charge in [-0.2, -0.15) is 14.7 Å². The normalized spacial score (nSPS) is 18.4. The Morgan fingerprint density at radius 2 is 1.89 bits per heavy atom. The average Bonchev–Trinajstić information content (AvgIpc) is 3.64. The summed E-state index contributed by atoms with van der Waals surface area (Å²) in [5.41, 5.74) is 4.91. The minimum absolute atomic E-state index is 0.263. The molecule has 7 rings (SSSR count). The Balaban J connectivity index is 1.53. The predicted octanol–water partition coefficient (Wildman–Crippen LogP) is 5.80. The number of nitrogens with zero attached hydrogens (tertiary/aromatic N) is 6. The number of fused-ring (bicyclic) bond motifs is 6. The van der Waals surface area contributed by atoms with Crippen molar-refractivity contribution in [3.63, 3.8) is 0 Å². The first-order chi connectivity index (χ1) is 21.0. The minimum atomic E-state index is -0.975. The standard InChI is InChI=1S/C34H42N6O4/c1-23-29(30(32(41)42-6)44-33(2,3)4)31-38-18-15-34(5,16-19-38)43-20-9-7-8-12-25-14-17-39(36-25)26-13-10-11-24(21-26)27-22-28(35-23)40(31)37-27/h7,9-11,13-14,17,21-22,30H,8,12,15-16,18-20H2,1-6H3/b9-7-/t30-/m0/s1. The van der Waals surface area contributed by atoms with E-state index in [2.05, 4.69) is 36.1 Å². The number of piperidine rings is 1. The van der Waals surface area contributed by atoms with E-state index >= 15 is 0 Å². The van der Waals surface area contributed by atoms with E-state index in [1.54, 1.807) is 0 Å². The smallest absolute Gasteiger partial charge is 0.339 e. The van der Waals surface area contributed by atoms with Crippen LogP contribution in [0, 0.1) is 6.92 Å². The van der Waals surface area contributed by atoms with Crippen LogP contribution in [-0.2, 0) is 25.4 Å². The van der Waals surface area contributed by atoms with Gasteiger partial charge in [0.1, 0.15) is 5.82 Å². The van der Waals surface area contributed by atoms with Crippen molar-refractivity contribution in [3.05, 3.63) is 71.7 Å². The maximum atomic E-state index is 13.3. The predicted molar refractivity (Wildman–Crippen MR) is 169 cm³/mol. The van der Waals surface area contributed by atoms with E-state index in [1.807, 2.05) is 67.4 Å². The highest BCUT2D eigenvalue weighted by Crippen LogP contribution is 2.38. The van der Waals surface area contributed by atoms with Crippen molar-refractivity contribution >= 4 is 17.4 Å². The van der Waals surface area contributed by atoms with Crippen molar-refractivity contribution < 1.29 is 19.0 Å². The van der Waals surface area contributed by atoms with Crippen molar-refractivity contribution in [2.45, 2.75) is 77.6 Å². The molecule has 4 aromatic rings. The van der Waals surface area contributed by atoms with Gasteiger partial charge in [0.2, 0.25) is 0 Å². The van der Waals surface area contributed by atoms with Crippen LogP contribution >= 0.6 is 0 Å². The van der Waals surface area contributed by atoms with Crippen LogP contribution < -0.4 is 4.90 Å². The van der Waals surface area contributed by atoms with E-state index in [0.29, 0.717) is 23.5 Å². The summed E-state index contributed by atoms with van der Waals surface area (Å²) >= 11 is 0. The highest BCUT2D eigenvalue weighted by Gasteiger charge is 2.38. The topological polar surface area (TPSA) is 96.0 Å². The lowest BCUT2D eigenvalue weighted by atomic mass is 9.92. The number of rotatable bonds is 3. The number of ether oxygens (including phenoxy) is 3. The zero-order chi connectivity index (χ0) is 31.1. The molecule has 3 aromatic heterocycles. The van der Waals surface area contributed by atoms with Crippen LogP contribution in [0.5, 0.6) is 0 Å². The highest BCUT2D eigenvalue weighted by atomic mass is 16.6. The SMILES string of the molecule is COC(=O)[C@@H](OC(C)(C)C)c1c(C)nc2cc3nn2c1N1CCC(C)(CC1)OC/C=C\CCc1ccn(n1)-c1cccc-3c1. The molecule has 1 saturated heterocycles. The van der Waals surface area contributed by atoms with Crippen LogP contribution in [0.1, 0.15) is 70.0 Å². The van der Waals surface area contributed by atoms with Gasteiger partial charge in [-0.1, -0.05) is 24.3 Å². The summed E-state index contributed by atoms with van der Waals surface area (Å²) in [6.45, 7) is 11.9. The first-order valence-electron chi connectivity index (χ1n) is 15.4. The third kappa shape index (κ3) is 6.14. The summed E-state index contributed by atoms with van der Waals surface area (Å²) < 4.78 is 21.8. The first kappa shape index (κ1) is 30.0. The molecule has 10 nitrogen and oxygen atoms in total. The fourth-order valence-corrected chi connectivity index (χ4v) is 6.00. The van der Waals surface area contributed by atoms with Gasteiger partial charge in [-0.3, -0.25) is 0 Å². The number of hydrogen-bond acceptors (Lipinski definition) is 8. The fourth-order valence-electron chi connectivity index (χ4n) is 6.00. The Bertz CT molecular complexity index is 1690. The minimum Gasteiger partial charge on any atom is -0.467 e. The van der Waals surface area contributed by atoms with Crippen molar-refractivity contribution in [2.24, 2.45) is 0 Å². The molecule has 6 heterocycles. The third-order valence-corrected chi connectivity index (χ3v) is 8.39. The van der Waals surface area contributed by atoms with Crippen molar-refractivity contribution in [1.82, 2.24) is 24.4 Å². The van der Waals surface area contributed by atoms with E-state index < -0.39 is 17.7 Å². The number of benzene rings is 1. The quantitative estimate of drug-likeness (QED) is 0.216. The molecular formula is C34H42N6O4. The summed E-state index contributed by atoms with van der Waals surface area (Å²) in [7, 11) is 1.39. The van der Waals surface area contributed by atoms with Crippen LogP contribution in [0.2, 0.25) is 0 Å². The molecule has 3 aliphatic heterocycles. The van der Waals surface area contributed by atoms with E-state index in [9.17, 15) is 4.79 Å². The van der Waals surface area contributed by atoms with Crippen LogP contribution in [0.15, 0.2) is 54.7 Å². The molecule has 0 radical (unpaired) electrons. The molecule has 0 unspecified atom stereocenters. The van der Waals surface area contributed by atoms with Crippen molar-refractivity contribution in [1.29, 1.82) is 0 Å². The van der Waals surface area contributed by atoms with Crippen LogP contribution in [0.3, 0.4) is 0 Å². The highest BCUT2D eigenvalue weighted by molar-refractivity contribution is 5.80. The molecule has 44 heavy (non-hydrogen) atoms. The van der Waals surface area contributed by atoms with Gasteiger partial charge in [-0.25, -0.2) is 14.5 Å². The van der Waals surface area contributed by atoms with Gasteiger partial charge in [0, 0.05) is 36.6 Å². The number of methoxy groups -OCH3 is 1. The van der Waals surface area contributed by atoms with Crippen molar-refractivity contribution in [2.75, 3.05) is 31.7 Å². The number of esters is 1. The van der Waals surface area contributed by atoms with Gasteiger partial charge in [0.25, 0.3) is 0 Å². The molecule has 1 atom stereocenters. The lowest BCUT2D eigenvalue weighted by Crippen LogP contribution is -2.45. The van der Waals surface area contributed by atoms with E-state index in [4.69, 9.17) is 29.4 Å². The Hall–Kier alpha value is -4.02. The van der Waals surface area contributed by atoms with Gasteiger partial charge in [0.15, 0.2) is 11.8 Å². The second-order valence-corrected chi connectivity index (χ2v) is 12.9. The number of aromatic nitrogens is 5. The third-order valence-electron chi connectivity index (χ3n) is 8.39. The maximum Gasteiger partial charge on any atom is 0.339 e. The number of hydrogen-bond donors (Lipinski definition) is 0. The van der Waals surface area contributed by atoms with E-state index in [1.165, 1.54) is 7.11 Å². The van der Waals surface area contributed by atoms with Crippen LogP contribution in [0.25, 0.3) is 22.6 Å². The molecule has 1 fully saturated rings. The summed E-state index contributed by atoms with van der Waals surface area (Å²) in [5.74, 6) is 0.324. The molecule has 3 aliphatic rings. The maximum absolute atomic E-state index is 13.3. The molecular weight excluding hydrogens is 556 g/mol. The second-order valence-electron chi connectivity index (χ2n) is 12.9. The molecule has 8 bridgehead atoms. The second kappa shape index (κ2) is 11.8. The number of carbonyl (C=O) groups is 1. The Labute approximate surface area is 258 Å². The van der Waals surface area contributed by atoms with Crippen LogP contribution in [-0.4, -0.2) is 68.4 Å². The monoisotopic (exact) mass is 598 g/mol. The summed E-state index contributed by atoms with van der Waals surface area (Å²) in [6.07, 6.45) is 8.72. The average molecular weight is 599 g/mol. The summed E-state index contributed by atoms with van der Waals surface area (Å²) in [6, 6.07) is 12.3. The van der Waals surface area contributed by atoms with Gasteiger partial charge < -0.3 is 19.1 Å². The zero-order valence-electron chi connectivity index (χ0n) is 26.5. The molecule has 0 aliphatic carbocycles. The molecule has 0 spiro atoms. The molecule has 232 valence electrons. The van der Waals surface area contributed by atoms with E-state index in [0.717, 1.165) is 67.2 Å². The van der Waals surface area contributed by atoms with Crippen molar-refractivity contribution in [3.8, 4) is 16.9 Å². The van der Waals surface area contributed by atoms with Gasteiger partial charge in [-0.05, 0) is 78.5 Å². The largest absolute Gasteiger partial charge is 0.467 e. The molecule has 10 heteroatoms. The zero-order valence-corrected chi connectivity index (χ0v) is 26.5. The Morgan fingerprint density at radius 3 is 2.64 bits per heavy atom. The number of allylic oxidation sites excluding steroid dienone is 1. The number of anilines is 1. The number of carbonyl (C=O) groups excluding carboxylic acids is 1. The fraction of sp³-hybridized carbons (Fsp3) is 0.471. The summed E-state index contributed by atoms with van der Waals surface area (Å²) in [5, 5.41) is 9.93. The molecule has 1 aromatic carbocycles. The molecule has 0 amide bonds. The summed E-state index contributed by atoms with van der Waals surface area (Å²) in [4.78, 5) is 20.6. The van der Waals surface area contributed by atoms with E-state index in [-0.39, 0.29) is 5.60 Å². The first-order valence-corrected chi connectivity index (χ1v) is 15.4. The Kier molecular flexibility index (Phi) is 8.06. The lowest BCUT2D eigenvalue weighted by Gasteiger charge is -2.41. The number of aryl methyl sites for hydroxylation is 2.